The van der Waals surface area contributed by atoms with E-state index in [4.69, 9.17) is 4.42 Å². The molecule has 0 spiro atoms. The minimum Gasteiger partial charge on any atom is -0.465 e. The third kappa shape index (κ3) is 5.72. The maximum absolute atomic E-state index is 13.2. The average molecular weight is 437 g/mol. The molecule has 0 saturated carbocycles. The molecule has 8 nitrogen and oxygen atoms in total. The summed E-state index contributed by atoms with van der Waals surface area (Å²) in [5.74, 6) is -0.625. The molecule has 32 heavy (non-hydrogen) atoms. The Balaban J connectivity index is 1.82. The van der Waals surface area contributed by atoms with Crippen molar-refractivity contribution in [3.05, 3.63) is 66.1 Å². The van der Waals surface area contributed by atoms with E-state index < -0.39 is 23.9 Å². The molecule has 168 valence electrons. The molecule has 1 heterocycles. The van der Waals surface area contributed by atoms with Gasteiger partial charge in [-0.15, -0.1) is 0 Å². The van der Waals surface area contributed by atoms with Crippen molar-refractivity contribution in [2.75, 3.05) is 6.54 Å². The lowest BCUT2D eigenvalue weighted by Crippen LogP contribution is -2.51. The van der Waals surface area contributed by atoms with Crippen molar-refractivity contribution in [3.8, 4) is 0 Å². The highest BCUT2D eigenvalue weighted by molar-refractivity contribution is 6.01. The second-order valence-electron chi connectivity index (χ2n) is 7.78. The highest BCUT2D eigenvalue weighted by Crippen LogP contribution is 2.18. The molecule has 0 fully saturated rings. The number of carboxylic acid groups (broad SMARTS) is 1. The van der Waals surface area contributed by atoms with Gasteiger partial charge in [0.05, 0.1) is 6.04 Å². The van der Waals surface area contributed by atoms with Crippen molar-refractivity contribution in [2.45, 2.75) is 39.2 Å². The van der Waals surface area contributed by atoms with Gasteiger partial charge in [0, 0.05) is 6.54 Å². The summed E-state index contributed by atoms with van der Waals surface area (Å²) in [5, 5.41) is 12.1. The lowest BCUT2D eigenvalue weighted by atomic mass is 10.0. The van der Waals surface area contributed by atoms with Crippen LogP contribution in [0.1, 0.15) is 42.9 Å². The van der Waals surface area contributed by atoms with Crippen LogP contribution in [0.3, 0.4) is 0 Å². The van der Waals surface area contributed by atoms with Crippen LogP contribution >= 0.6 is 0 Å². The van der Waals surface area contributed by atoms with Crippen LogP contribution < -0.4 is 5.32 Å². The number of aryl methyl sites for hydroxylation is 1. The molecule has 0 radical (unpaired) electrons. The Bertz CT molecular complexity index is 1050. The van der Waals surface area contributed by atoms with Crippen LogP contribution in [0.4, 0.5) is 9.59 Å². The van der Waals surface area contributed by atoms with Crippen LogP contribution in [0.25, 0.3) is 11.1 Å². The van der Waals surface area contributed by atoms with Crippen LogP contribution in [-0.4, -0.2) is 45.5 Å². The fourth-order valence-electron chi connectivity index (χ4n) is 3.27. The summed E-state index contributed by atoms with van der Waals surface area (Å²) < 4.78 is 5.59. The molecule has 3 amide bonds. The van der Waals surface area contributed by atoms with Crippen molar-refractivity contribution >= 4 is 29.0 Å². The number of hydrogen-bond donors (Lipinski definition) is 2. The van der Waals surface area contributed by atoms with Crippen LogP contribution in [0.5, 0.6) is 0 Å². The predicted octanol–water partition coefficient (Wildman–Crippen LogP) is 4.75. The number of hydrogen-bond acceptors (Lipinski definition) is 5. The number of nitrogens with zero attached hydrogens (tertiary/aromatic N) is 2. The van der Waals surface area contributed by atoms with E-state index in [9.17, 15) is 19.5 Å². The summed E-state index contributed by atoms with van der Waals surface area (Å²) in [4.78, 5) is 42.6. The minimum atomic E-state index is -1.36. The van der Waals surface area contributed by atoms with E-state index in [0.29, 0.717) is 22.4 Å². The maximum atomic E-state index is 13.2. The maximum Gasteiger partial charge on any atom is 0.415 e. The van der Waals surface area contributed by atoms with Crippen LogP contribution in [0, 0.1) is 5.92 Å². The molecular formula is C24H27N3O5. The van der Waals surface area contributed by atoms with E-state index in [1.807, 2.05) is 44.2 Å². The van der Waals surface area contributed by atoms with Crippen molar-refractivity contribution < 1.29 is 23.9 Å². The SMILES string of the molecule is CCC(C)CN(C(=O)O)C(=O)N[C@@H](CCc1ccccc1)C(=O)c1nc2ccccc2o1. The van der Waals surface area contributed by atoms with Crippen molar-refractivity contribution in [1.29, 1.82) is 0 Å². The van der Waals surface area contributed by atoms with Crippen molar-refractivity contribution in [2.24, 2.45) is 5.92 Å². The molecule has 0 saturated heterocycles. The van der Waals surface area contributed by atoms with Gasteiger partial charge >= 0.3 is 12.1 Å². The molecule has 2 atom stereocenters. The quantitative estimate of drug-likeness (QED) is 0.467. The molecule has 8 heteroatoms. The fraction of sp³-hybridized carbons (Fsp3) is 0.333. The number of oxazole rings is 1. The normalized spacial score (nSPS) is 12.8. The largest absolute Gasteiger partial charge is 0.465 e. The average Bonchev–Trinajstić information content (AvgIpc) is 3.24. The van der Waals surface area contributed by atoms with Gasteiger partial charge in [-0.2, -0.15) is 0 Å². The van der Waals surface area contributed by atoms with Gasteiger partial charge in [0.1, 0.15) is 5.52 Å². The zero-order valence-electron chi connectivity index (χ0n) is 18.2. The third-order valence-electron chi connectivity index (χ3n) is 5.35. The molecular weight excluding hydrogens is 410 g/mol. The molecule has 2 N–H and O–H groups in total. The summed E-state index contributed by atoms with van der Waals surface area (Å²) in [6.07, 6.45) is 0.135. The fourth-order valence-corrected chi connectivity index (χ4v) is 3.27. The first kappa shape index (κ1) is 23.0. The number of urea groups is 1. The summed E-state index contributed by atoms with van der Waals surface area (Å²) in [5.41, 5.74) is 1.99. The molecule has 1 aromatic heterocycles. The molecule has 0 aliphatic carbocycles. The first-order valence-corrected chi connectivity index (χ1v) is 10.6. The summed E-state index contributed by atoms with van der Waals surface area (Å²) in [7, 11) is 0. The predicted molar refractivity (Wildman–Crippen MR) is 120 cm³/mol. The Hall–Kier alpha value is -3.68. The van der Waals surface area contributed by atoms with Gasteiger partial charge in [-0.25, -0.2) is 19.5 Å². The van der Waals surface area contributed by atoms with Gasteiger partial charge < -0.3 is 14.8 Å². The van der Waals surface area contributed by atoms with E-state index in [1.54, 1.807) is 24.3 Å². The van der Waals surface area contributed by atoms with Crippen LogP contribution in [0.2, 0.25) is 0 Å². The summed E-state index contributed by atoms with van der Waals surface area (Å²) in [6, 6.07) is 14.7. The zero-order chi connectivity index (χ0) is 23.1. The number of Topliss-reactive ketones (excluding diaryl/α,β-unsaturated/α-hetero) is 1. The van der Waals surface area contributed by atoms with E-state index >= 15 is 0 Å². The Labute approximate surface area is 186 Å². The smallest absolute Gasteiger partial charge is 0.415 e. The molecule has 2 aromatic carbocycles. The standard InChI is InChI=1S/C24H27N3O5/c1-3-16(2)15-27(24(30)31)23(29)26-19(14-13-17-9-5-4-6-10-17)21(28)22-25-18-11-7-8-12-20(18)32-22/h4-12,16,19H,3,13-15H2,1-2H3,(H,26,29)(H,30,31)/t16?,19-/m0/s1. The summed E-state index contributed by atoms with van der Waals surface area (Å²) in [6.45, 7) is 3.82. The van der Waals surface area contributed by atoms with Gasteiger partial charge in [0.2, 0.25) is 5.78 Å². The summed E-state index contributed by atoms with van der Waals surface area (Å²) >= 11 is 0. The highest BCUT2D eigenvalue weighted by Gasteiger charge is 2.30. The van der Waals surface area contributed by atoms with Crippen LogP contribution in [0.15, 0.2) is 59.0 Å². The number of rotatable bonds is 9. The minimum absolute atomic E-state index is 0.00707. The number of amides is 3. The van der Waals surface area contributed by atoms with Gasteiger partial charge in [-0.1, -0.05) is 62.7 Å². The topological polar surface area (TPSA) is 113 Å². The molecule has 0 aliphatic rings. The molecule has 0 aliphatic heterocycles. The first-order valence-electron chi connectivity index (χ1n) is 10.6. The molecule has 3 rings (SSSR count). The number of aromatic nitrogens is 1. The van der Waals surface area contributed by atoms with Crippen molar-refractivity contribution in [3.63, 3.8) is 0 Å². The second kappa shape index (κ2) is 10.6. The molecule has 1 unspecified atom stereocenters. The highest BCUT2D eigenvalue weighted by atomic mass is 16.4. The van der Waals surface area contributed by atoms with Gasteiger partial charge in [0.15, 0.2) is 5.58 Å². The number of carbonyl (C=O) groups excluding carboxylic acids is 2. The Morgan fingerprint density at radius 2 is 1.78 bits per heavy atom. The number of imide groups is 1. The third-order valence-corrected chi connectivity index (χ3v) is 5.35. The molecule has 0 bridgehead atoms. The lowest BCUT2D eigenvalue weighted by molar-refractivity contribution is 0.0898. The van der Waals surface area contributed by atoms with Crippen LogP contribution in [-0.2, 0) is 6.42 Å². The number of carbonyl (C=O) groups is 3. The number of benzene rings is 2. The Morgan fingerprint density at radius 3 is 2.44 bits per heavy atom. The monoisotopic (exact) mass is 437 g/mol. The number of nitrogens with one attached hydrogen (secondary N) is 1. The van der Waals surface area contributed by atoms with Gasteiger partial charge in [-0.05, 0) is 36.5 Å². The van der Waals surface area contributed by atoms with E-state index in [2.05, 4.69) is 10.3 Å². The zero-order valence-corrected chi connectivity index (χ0v) is 18.2. The second-order valence-corrected chi connectivity index (χ2v) is 7.78. The first-order chi connectivity index (χ1) is 15.4. The Morgan fingerprint density at radius 1 is 1.09 bits per heavy atom. The van der Waals surface area contributed by atoms with E-state index in [0.717, 1.165) is 12.0 Å². The number of para-hydroxylation sites is 2. The lowest BCUT2D eigenvalue weighted by Gasteiger charge is -2.24. The van der Waals surface area contributed by atoms with E-state index in [-0.39, 0.29) is 24.8 Å². The molecule has 3 aromatic rings. The van der Waals surface area contributed by atoms with Gasteiger partial charge in [0.25, 0.3) is 5.89 Å². The van der Waals surface area contributed by atoms with Gasteiger partial charge in [-0.3, -0.25) is 4.79 Å². The Kier molecular flexibility index (Phi) is 7.59. The number of ketones is 1. The number of fused-ring (bicyclic) bond motifs is 1. The van der Waals surface area contributed by atoms with E-state index in [1.165, 1.54) is 0 Å². The van der Waals surface area contributed by atoms with Crippen molar-refractivity contribution in [1.82, 2.24) is 15.2 Å².